The fourth-order valence-corrected chi connectivity index (χ4v) is 4.55. The lowest BCUT2D eigenvalue weighted by atomic mass is 9.72. The number of ether oxygens (including phenoxy) is 1. The molecular formula is C29H37N3O6. The van der Waals surface area contributed by atoms with Gasteiger partial charge in [0, 0.05) is 19.5 Å². The van der Waals surface area contributed by atoms with Crippen molar-refractivity contribution in [3.8, 4) is 0 Å². The number of hydrogen-bond acceptors (Lipinski definition) is 5. The van der Waals surface area contributed by atoms with Crippen LogP contribution in [0.1, 0.15) is 51.7 Å². The van der Waals surface area contributed by atoms with Crippen LogP contribution in [0, 0.1) is 0 Å². The molecule has 0 aliphatic carbocycles. The zero-order chi connectivity index (χ0) is 27.9. The molecule has 0 spiro atoms. The summed E-state index contributed by atoms with van der Waals surface area (Å²) in [6.07, 6.45) is 0.395. The molecule has 9 nitrogen and oxygen atoms in total. The molecule has 3 amide bonds. The second-order valence-corrected chi connectivity index (χ2v) is 10.7. The molecule has 0 aromatic heterocycles. The van der Waals surface area contributed by atoms with Crippen LogP contribution in [0.3, 0.4) is 0 Å². The number of carbonyl (C=O) groups is 4. The minimum atomic E-state index is -1.16. The van der Waals surface area contributed by atoms with Crippen LogP contribution in [0.15, 0.2) is 60.7 Å². The Balaban J connectivity index is 1.71. The quantitative estimate of drug-likeness (QED) is 0.488. The highest BCUT2D eigenvalue weighted by atomic mass is 16.6. The summed E-state index contributed by atoms with van der Waals surface area (Å²) in [6, 6.07) is 16.2. The van der Waals surface area contributed by atoms with Crippen LogP contribution in [-0.4, -0.2) is 64.7 Å². The Morgan fingerprint density at radius 1 is 0.947 bits per heavy atom. The summed E-state index contributed by atoms with van der Waals surface area (Å²) in [5.41, 5.74) is -0.0116. The summed E-state index contributed by atoms with van der Waals surface area (Å²) in [7, 11) is 0. The zero-order valence-corrected chi connectivity index (χ0v) is 22.4. The Kier molecular flexibility index (Phi) is 9.14. The lowest BCUT2D eigenvalue weighted by molar-refractivity contribution is -0.142. The highest BCUT2D eigenvalue weighted by molar-refractivity contribution is 5.94. The van der Waals surface area contributed by atoms with Crippen LogP contribution in [0.2, 0.25) is 0 Å². The molecule has 2 aromatic carbocycles. The van der Waals surface area contributed by atoms with Crippen LogP contribution >= 0.6 is 0 Å². The topological polar surface area (TPSA) is 125 Å². The van der Waals surface area contributed by atoms with E-state index in [0.29, 0.717) is 25.9 Å². The third-order valence-electron chi connectivity index (χ3n) is 6.67. The molecule has 3 N–H and O–H groups in total. The van der Waals surface area contributed by atoms with Gasteiger partial charge in [-0.2, -0.15) is 0 Å². The highest BCUT2D eigenvalue weighted by Crippen LogP contribution is 2.36. The van der Waals surface area contributed by atoms with E-state index in [0.717, 1.165) is 11.1 Å². The number of carboxylic acids is 1. The number of likely N-dealkylation sites (tertiary alicyclic amines) is 1. The molecule has 2 aromatic rings. The number of rotatable bonds is 8. The molecule has 204 valence electrons. The van der Waals surface area contributed by atoms with Crippen molar-refractivity contribution >= 4 is 23.9 Å². The Morgan fingerprint density at radius 3 is 2.03 bits per heavy atom. The summed E-state index contributed by atoms with van der Waals surface area (Å²) >= 11 is 0. The predicted molar refractivity (Wildman–Crippen MR) is 142 cm³/mol. The van der Waals surface area contributed by atoms with Crippen molar-refractivity contribution in [3.05, 3.63) is 71.8 Å². The molecule has 1 aliphatic heterocycles. The van der Waals surface area contributed by atoms with Gasteiger partial charge in [0.15, 0.2) is 0 Å². The maximum atomic E-state index is 13.7. The first-order valence-corrected chi connectivity index (χ1v) is 12.8. The van der Waals surface area contributed by atoms with Gasteiger partial charge in [-0.25, -0.2) is 9.59 Å². The van der Waals surface area contributed by atoms with Crippen molar-refractivity contribution in [2.45, 2.75) is 70.1 Å². The van der Waals surface area contributed by atoms with Crippen molar-refractivity contribution in [2.75, 3.05) is 13.1 Å². The minimum Gasteiger partial charge on any atom is -0.480 e. The average Bonchev–Trinajstić information content (AvgIpc) is 2.88. The Hall–Kier alpha value is -3.88. The second-order valence-electron chi connectivity index (χ2n) is 10.7. The van der Waals surface area contributed by atoms with Crippen molar-refractivity contribution in [3.63, 3.8) is 0 Å². The molecule has 0 saturated carbocycles. The van der Waals surface area contributed by atoms with Crippen molar-refractivity contribution < 1.29 is 29.0 Å². The van der Waals surface area contributed by atoms with E-state index < -0.39 is 41.1 Å². The van der Waals surface area contributed by atoms with Gasteiger partial charge in [-0.3, -0.25) is 9.59 Å². The van der Waals surface area contributed by atoms with Crippen molar-refractivity contribution in [1.29, 1.82) is 0 Å². The summed E-state index contributed by atoms with van der Waals surface area (Å²) < 4.78 is 5.49. The van der Waals surface area contributed by atoms with E-state index in [1.807, 2.05) is 36.4 Å². The fourth-order valence-electron chi connectivity index (χ4n) is 4.55. The minimum absolute atomic E-state index is 0.122. The fraction of sp³-hybridized carbons (Fsp3) is 0.448. The number of piperidine rings is 1. The van der Waals surface area contributed by atoms with Gasteiger partial charge >= 0.3 is 12.1 Å². The summed E-state index contributed by atoms with van der Waals surface area (Å²) in [5.74, 6) is -2.09. The first-order valence-electron chi connectivity index (χ1n) is 12.8. The van der Waals surface area contributed by atoms with Crippen LogP contribution < -0.4 is 10.6 Å². The van der Waals surface area contributed by atoms with Crippen LogP contribution in [-0.2, 0) is 31.0 Å². The van der Waals surface area contributed by atoms with Crippen molar-refractivity contribution in [1.82, 2.24) is 15.5 Å². The molecular weight excluding hydrogens is 486 g/mol. The first-order chi connectivity index (χ1) is 17.9. The van der Waals surface area contributed by atoms with Gasteiger partial charge in [0.25, 0.3) is 0 Å². The molecule has 3 rings (SSSR count). The summed E-state index contributed by atoms with van der Waals surface area (Å²) in [4.78, 5) is 52.6. The first kappa shape index (κ1) is 28.7. The van der Waals surface area contributed by atoms with Gasteiger partial charge in [-0.05, 0) is 51.7 Å². The maximum absolute atomic E-state index is 13.7. The molecule has 2 atom stereocenters. The third-order valence-corrected chi connectivity index (χ3v) is 6.67. The molecule has 9 heteroatoms. The largest absolute Gasteiger partial charge is 0.480 e. The monoisotopic (exact) mass is 523 g/mol. The number of amides is 3. The van der Waals surface area contributed by atoms with E-state index in [1.54, 1.807) is 49.9 Å². The number of carbonyl (C=O) groups excluding carboxylic acids is 3. The lowest BCUT2D eigenvalue weighted by Gasteiger charge is -2.41. The summed E-state index contributed by atoms with van der Waals surface area (Å²) in [6.45, 7) is 7.57. The smallest absolute Gasteiger partial charge is 0.410 e. The van der Waals surface area contributed by atoms with E-state index in [2.05, 4.69) is 10.6 Å². The number of nitrogens with one attached hydrogen (secondary N) is 2. The van der Waals surface area contributed by atoms with Gasteiger partial charge in [-0.15, -0.1) is 0 Å². The van der Waals surface area contributed by atoms with Gasteiger partial charge < -0.3 is 25.4 Å². The maximum Gasteiger partial charge on any atom is 0.410 e. The van der Waals surface area contributed by atoms with Crippen LogP contribution in [0.25, 0.3) is 0 Å². The van der Waals surface area contributed by atoms with Crippen LogP contribution in [0.5, 0.6) is 0 Å². The summed E-state index contributed by atoms with van der Waals surface area (Å²) in [5, 5.41) is 15.0. The van der Waals surface area contributed by atoms with Gasteiger partial charge in [0.05, 0.1) is 5.41 Å². The van der Waals surface area contributed by atoms with E-state index in [1.165, 1.54) is 6.92 Å². The number of hydrogen-bond donors (Lipinski definition) is 3. The van der Waals surface area contributed by atoms with E-state index in [-0.39, 0.29) is 12.3 Å². The molecule has 0 bridgehead atoms. The van der Waals surface area contributed by atoms with Crippen LogP contribution in [0.4, 0.5) is 4.79 Å². The molecule has 1 saturated heterocycles. The van der Waals surface area contributed by atoms with Crippen molar-refractivity contribution in [2.24, 2.45) is 0 Å². The Morgan fingerprint density at radius 2 is 1.50 bits per heavy atom. The Labute approximate surface area is 223 Å². The SMILES string of the molecule is C[C@@H](NC(=O)C1(c2ccccc2)CCN(C(=O)OC(C)(C)C)CC1)C(=O)N[C@@H](Cc1ccccc1)C(=O)O. The van der Waals surface area contributed by atoms with Gasteiger partial charge in [0.1, 0.15) is 17.7 Å². The highest BCUT2D eigenvalue weighted by Gasteiger charge is 2.45. The number of aliphatic carboxylic acids is 1. The number of carboxylic acid groups (broad SMARTS) is 1. The van der Waals surface area contributed by atoms with E-state index >= 15 is 0 Å². The van der Waals surface area contributed by atoms with Gasteiger partial charge in [0.2, 0.25) is 11.8 Å². The van der Waals surface area contributed by atoms with E-state index in [4.69, 9.17) is 4.74 Å². The van der Waals surface area contributed by atoms with Gasteiger partial charge in [-0.1, -0.05) is 60.7 Å². The normalized spacial score (nSPS) is 16.6. The number of nitrogens with zero attached hydrogens (tertiary/aromatic N) is 1. The molecule has 1 fully saturated rings. The standard InChI is InChI=1S/C29H37N3O6/c1-20(24(33)31-23(25(34)35)19-21-11-7-5-8-12-21)30-26(36)29(22-13-9-6-10-14-22)15-17-32(18-16-29)27(37)38-28(2,3)4/h5-14,20,23H,15-19H2,1-4H3,(H,30,36)(H,31,33)(H,34,35)/t20-,23+/m1/s1. The lowest BCUT2D eigenvalue weighted by Crippen LogP contribution is -2.57. The molecule has 1 aliphatic rings. The second kappa shape index (κ2) is 12.1. The molecule has 0 radical (unpaired) electrons. The molecule has 1 heterocycles. The third kappa shape index (κ3) is 7.34. The zero-order valence-electron chi connectivity index (χ0n) is 22.4. The predicted octanol–water partition coefficient (Wildman–Crippen LogP) is 3.27. The molecule has 0 unspecified atom stereocenters. The average molecular weight is 524 g/mol. The Bertz CT molecular complexity index is 1120. The number of benzene rings is 2. The molecule has 38 heavy (non-hydrogen) atoms. The van der Waals surface area contributed by atoms with E-state index in [9.17, 15) is 24.3 Å².